The largest absolute Gasteiger partial charge is 0.481 e. The summed E-state index contributed by atoms with van der Waals surface area (Å²) in [4.78, 5) is 21.2. The van der Waals surface area contributed by atoms with Gasteiger partial charge in [-0.05, 0) is 30.7 Å². The van der Waals surface area contributed by atoms with Crippen molar-refractivity contribution in [2.24, 2.45) is 5.92 Å². The van der Waals surface area contributed by atoms with E-state index in [0.29, 0.717) is 0 Å². The highest BCUT2D eigenvalue weighted by atomic mass is 32.2. The molecule has 8 nitrogen and oxygen atoms in total. The first-order chi connectivity index (χ1) is 12.0. The van der Waals surface area contributed by atoms with Gasteiger partial charge < -0.3 is 9.84 Å². The van der Waals surface area contributed by atoms with E-state index >= 15 is 0 Å². The number of carboxylic acids is 1. The molecule has 1 atom stereocenters. The molecule has 0 heterocycles. The third-order valence-corrected chi connectivity index (χ3v) is 4.73. The number of benzene rings is 1. The molecule has 146 valence electrons. The second-order valence-electron chi connectivity index (χ2n) is 5.16. The van der Waals surface area contributed by atoms with E-state index in [2.05, 4.69) is 10.1 Å². The second kappa shape index (κ2) is 8.85. The van der Waals surface area contributed by atoms with Crippen LogP contribution in [0.25, 0.3) is 0 Å². The summed E-state index contributed by atoms with van der Waals surface area (Å²) in [6, 6.07) is 4.65. The molecule has 0 spiro atoms. The van der Waals surface area contributed by atoms with Crippen LogP contribution in [0.2, 0.25) is 0 Å². The lowest BCUT2D eigenvalue weighted by Crippen LogP contribution is -2.36. The average molecular weight is 398 g/mol. The van der Waals surface area contributed by atoms with Crippen molar-refractivity contribution in [1.29, 1.82) is 0 Å². The number of hydrogen-bond acceptors (Lipinski definition) is 5. The molecule has 0 aliphatic heterocycles. The van der Waals surface area contributed by atoms with E-state index in [1.165, 1.54) is 12.1 Å². The molecule has 3 N–H and O–H groups in total. The first-order valence-corrected chi connectivity index (χ1v) is 8.67. The molecule has 1 aromatic rings. The fourth-order valence-electron chi connectivity index (χ4n) is 1.86. The number of ether oxygens (including phenoxy) is 1. The summed E-state index contributed by atoms with van der Waals surface area (Å²) in [5.41, 5.74) is 0.227. The number of sulfonamides is 1. The van der Waals surface area contributed by atoms with Crippen molar-refractivity contribution in [2.45, 2.75) is 23.9 Å². The first kappa shape index (κ1) is 21.7. The zero-order valence-corrected chi connectivity index (χ0v) is 14.4. The molecule has 0 radical (unpaired) electrons. The van der Waals surface area contributed by atoms with Crippen LogP contribution in [0.1, 0.15) is 12.8 Å². The van der Waals surface area contributed by atoms with Gasteiger partial charge in [0, 0.05) is 18.7 Å². The molecule has 0 bridgehead atoms. The zero-order valence-electron chi connectivity index (χ0n) is 13.5. The lowest BCUT2D eigenvalue weighted by molar-refractivity contribution is -0.175. The van der Waals surface area contributed by atoms with Crippen molar-refractivity contribution in [3.05, 3.63) is 24.3 Å². The van der Waals surface area contributed by atoms with Crippen LogP contribution in [0.4, 0.5) is 23.7 Å². The number of amides is 1. The minimum Gasteiger partial charge on any atom is -0.481 e. The van der Waals surface area contributed by atoms with E-state index < -0.39 is 53.6 Å². The fourth-order valence-corrected chi connectivity index (χ4v) is 2.94. The zero-order chi connectivity index (χ0) is 20.0. The summed E-state index contributed by atoms with van der Waals surface area (Å²) in [7, 11) is -3.11. The summed E-state index contributed by atoms with van der Waals surface area (Å²) in [6.07, 6.45) is -7.00. The minimum atomic E-state index is -4.74. The van der Waals surface area contributed by atoms with Crippen molar-refractivity contribution in [3.8, 4) is 0 Å². The highest BCUT2D eigenvalue weighted by Gasteiger charge is 2.40. The number of carboxylic acid groups (broad SMARTS) is 1. The monoisotopic (exact) mass is 398 g/mol. The lowest BCUT2D eigenvalue weighted by atomic mass is 10.0. The van der Waals surface area contributed by atoms with Gasteiger partial charge in [0.1, 0.15) is 0 Å². The number of carbonyl (C=O) groups excluding carboxylic acids is 1. The SMILES string of the molecule is COC(=O)Nc1ccc(S(=O)(=O)NC[C@@H](CCC(=O)O)C(F)(F)F)cc1. The standard InChI is InChI=1S/C14H17F3N2O6S/c1-25-13(22)19-10-3-5-11(6-4-10)26(23,24)18-8-9(14(15,16)17)2-7-12(20)21/h3-6,9,18H,2,7-8H2,1H3,(H,19,22)(H,20,21)/t9-/m1/s1. The summed E-state index contributed by atoms with van der Waals surface area (Å²) < 4.78 is 69.0. The van der Waals surface area contributed by atoms with Crippen LogP contribution in [-0.4, -0.2) is 45.4 Å². The Labute approximate surface area is 147 Å². The molecule has 0 fully saturated rings. The van der Waals surface area contributed by atoms with Crippen molar-refractivity contribution < 1.29 is 41.0 Å². The first-order valence-electron chi connectivity index (χ1n) is 7.19. The van der Waals surface area contributed by atoms with Crippen LogP contribution in [0.5, 0.6) is 0 Å². The third-order valence-electron chi connectivity index (χ3n) is 3.29. The molecule has 0 saturated carbocycles. The molecular formula is C14H17F3N2O6S. The Morgan fingerprint density at radius 2 is 1.81 bits per heavy atom. The van der Waals surface area contributed by atoms with Crippen molar-refractivity contribution in [1.82, 2.24) is 4.72 Å². The number of methoxy groups -OCH3 is 1. The van der Waals surface area contributed by atoms with Crippen LogP contribution in [0.3, 0.4) is 0 Å². The van der Waals surface area contributed by atoms with Crippen molar-refractivity contribution in [2.75, 3.05) is 19.0 Å². The van der Waals surface area contributed by atoms with Crippen molar-refractivity contribution >= 4 is 27.8 Å². The van der Waals surface area contributed by atoms with Crippen LogP contribution in [0, 0.1) is 5.92 Å². The molecule has 0 aliphatic carbocycles. The Kier molecular flexibility index (Phi) is 7.39. The number of carbonyl (C=O) groups is 2. The predicted octanol–water partition coefficient (Wildman–Crippen LogP) is 2.19. The smallest absolute Gasteiger partial charge is 0.411 e. The van der Waals surface area contributed by atoms with Crippen LogP contribution in [0.15, 0.2) is 29.2 Å². The van der Waals surface area contributed by atoms with E-state index in [9.17, 15) is 31.2 Å². The maximum Gasteiger partial charge on any atom is 0.411 e. The number of nitrogens with one attached hydrogen (secondary N) is 2. The lowest BCUT2D eigenvalue weighted by Gasteiger charge is -2.20. The molecule has 1 rings (SSSR count). The molecular weight excluding hydrogens is 381 g/mol. The predicted molar refractivity (Wildman–Crippen MR) is 84.1 cm³/mol. The van der Waals surface area contributed by atoms with E-state index in [1.807, 2.05) is 4.72 Å². The van der Waals surface area contributed by atoms with Crippen molar-refractivity contribution in [3.63, 3.8) is 0 Å². The number of alkyl halides is 3. The molecule has 0 saturated heterocycles. The quantitative estimate of drug-likeness (QED) is 0.617. The summed E-state index contributed by atoms with van der Waals surface area (Å²) in [5, 5.41) is 10.8. The molecule has 1 amide bonds. The molecule has 0 unspecified atom stereocenters. The Bertz CT molecular complexity index is 734. The number of halogens is 3. The van der Waals surface area contributed by atoms with E-state index in [1.54, 1.807) is 0 Å². The Morgan fingerprint density at radius 3 is 2.27 bits per heavy atom. The van der Waals surface area contributed by atoms with Crippen LogP contribution < -0.4 is 10.0 Å². The Morgan fingerprint density at radius 1 is 1.23 bits per heavy atom. The van der Waals surface area contributed by atoms with E-state index in [4.69, 9.17) is 5.11 Å². The number of aliphatic carboxylic acids is 1. The maximum atomic E-state index is 12.9. The van der Waals surface area contributed by atoms with Crippen LogP contribution in [-0.2, 0) is 19.6 Å². The number of rotatable bonds is 8. The van der Waals surface area contributed by atoms with E-state index in [-0.39, 0.29) is 10.6 Å². The fraction of sp³-hybridized carbons (Fsp3) is 0.429. The molecule has 1 aromatic carbocycles. The van der Waals surface area contributed by atoms with E-state index in [0.717, 1.165) is 19.2 Å². The summed E-state index contributed by atoms with van der Waals surface area (Å²) in [6.45, 7) is -0.985. The van der Waals surface area contributed by atoms with Gasteiger partial charge >= 0.3 is 18.2 Å². The Hall–Kier alpha value is -2.34. The highest BCUT2D eigenvalue weighted by Crippen LogP contribution is 2.29. The van der Waals surface area contributed by atoms with Gasteiger partial charge in [0.15, 0.2) is 0 Å². The highest BCUT2D eigenvalue weighted by molar-refractivity contribution is 7.89. The van der Waals surface area contributed by atoms with Gasteiger partial charge in [0.25, 0.3) is 0 Å². The summed E-state index contributed by atoms with van der Waals surface area (Å²) in [5.74, 6) is -3.54. The second-order valence-corrected chi connectivity index (χ2v) is 6.93. The Balaban J connectivity index is 2.80. The molecule has 26 heavy (non-hydrogen) atoms. The van der Waals surface area contributed by atoms with Crippen LogP contribution >= 0.6 is 0 Å². The van der Waals surface area contributed by atoms with Gasteiger partial charge in [-0.25, -0.2) is 17.9 Å². The number of anilines is 1. The summed E-state index contributed by atoms with van der Waals surface area (Å²) >= 11 is 0. The molecule has 0 aliphatic rings. The minimum absolute atomic E-state index is 0.227. The van der Waals surface area contributed by atoms with Gasteiger partial charge in [-0.15, -0.1) is 0 Å². The van der Waals surface area contributed by atoms with Gasteiger partial charge in [-0.1, -0.05) is 0 Å². The van der Waals surface area contributed by atoms with Gasteiger partial charge in [0.05, 0.1) is 17.9 Å². The maximum absolute atomic E-state index is 12.9. The third kappa shape index (κ3) is 6.88. The topological polar surface area (TPSA) is 122 Å². The molecule has 12 heteroatoms. The van der Waals surface area contributed by atoms with Gasteiger partial charge in [-0.3, -0.25) is 10.1 Å². The normalized spacial score (nSPS) is 13.1. The number of hydrogen-bond donors (Lipinski definition) is 3. The van der Waals surface area contributed by atoms with Gasteiger partial charge in [0.2, 0.25) is 10.0 Å². The average Bonchev–Trinajstić information content (AvgIpc) is 2.53. The molecule has 0 aromatic heterocycles. The van der Waals surface area contributed by atoms with Gasteiger partial charge in [-0.2, -0.15) is 13.2 Å².